The maximum absolute atomic E-state index is 13.6. The van der Waals surface area contributed by atoms with Gasteiger partial charge in [0.1, 0.15) is 11.6 Å². The summed E-state index contributed by atoms with van der Waals surface area (Å²) in [6.45, 7) is 2.01. The molecule has 1 unspecified atom stereocenters. The van der Waals surface area contributed by atoms with E-state index in [9.17, 15) is 8.78 Å². The quantitative estimate of drug-likeness (QED) is 0.923. The Hall–Kier alpha value is -1.33. The van der Waals surface area contributed by atoms with E-state index in [1.807, 2.05) is 6.92 Å². The van der Waals surface area contributed by atoms with Crippen LogP contribution in [0.2, 0.25) is 0 Å². The van der Waals surface area contributed by atoms with E-state index in [1.165, 1.54) is 23.5 Å². The number of hydrogen-bond donors (Lipinski definition) is 1. The number of rotatable bonds is 4. The highest BCUT2D eigenvalue weighted by molar-refractivity contribution is 7.09. The summed E-state index contributed by atoms with van der Waals surface area (Å²) in [5.74, 6) is -1.17. The van der Waals surface area contributed by atoms with Crippen molar-refractivity contribution < 1.29 is 8.78 Å². The fraction of sp³-hybridized carbons (Fsp3) is 0.308. The summed E-state index contributed by atoms with van der Waals surface area (Å²) in [6.07, 6.45) is 1.56. The molecular formula is C13H14F2N2S. The molecule has 2 rings (SSSR count). The normalized spacial score (nSPS) is 12.7. The summed E-state index contributed by atoms with van der Waals surface area (Å²) in [5, 5.41) is 2.65. The van der Waals surface area contributed by atoms with E-state index in [0.29, 0.717) is 17.7 Å². The van der Waals surface area contributed by atoms with Gasteiger partial charge in [-0.1, -0.05) is 6.92 Å². The van der Waals surface area contributed by atoms with Crippen molar-refractivity contribution in [3.63, 3.8) is 0 Å². The maximum atomic E-state index is 13.6. The molecule has 0 bridgehead atoms. The second-order valence-electron chi connectivity index (χ2n) is 4.12. The minimum absolute atomic E-state index is 0.0714. The maximum Gasteiger partial charge on any atom is 0.135 e. The van der Waals surface area contributed by atoms with Gasteiger partial charge in [0, 0.05) is 29.5 Å². The fourth-order valence-electron chi connectivity index (χ4n) is 1.59. The van der Waals surface area contributed by atoms with Crippen molar-refractivity contribution in [1.82, 2.24) is 4.98 Å². The lowest BCUT2D eigenvalue weighted by Crippen LogP contribution is -2.21. The highest BCUT2D eigenvalue weighted by Gasteiger charge is 2.11. The molecule has 1 heterocycles. The van der Waals surface area contributed by atoms with Gasteiger partial charge in [-0.25, -0.2) is 13.8 Å². The van der Waals surface area contributed by atoms with Gasteiger partial charge in [-0.15, -0.1) is 11.3 Å². The predicted octanol–water partition coefficient (Wildman–Crippen LogP) is 3.37. The van der Waals surface area contributed by atoms with E-state index in [2.05, 4.69) is 4.98 Å². The van der Waals surface area contributed by atoms with Crippen LogP contribution >= 0.6 is 11.3 Å². The van der Waals surface area contributed by atoms with Crippen LogP contribution in [0.25, 0.3) is 11.3 Å². The molecule has 2 nitrogen and oxygen atoms in total. The van der Waals surface area contributed by atoms with E-state index in [0.717, 1.165) is 17.5 Å². The van der Waals surface area contributed by atoms with Crippen LogP contribution < -0.4 is 5.73 Å². The molecule has 0 aliphatic heterocycles. The van der Waals surface area contributed by atoms with Crippen molar-refractivity contribution in [3.8, 4) is 11.3 Å². The molecule has 0 saturated heterocycles. The van der Waals surface area contributed by atoms with E-state index >= 15 is 0 Å². The molecular weight excluding hydrogens is 254 g/mol. The van der Waals surface area contributed by atoms with Crippen LogP contribution in [-0.4, -0.2) is 11.0 Å². The van der Waals surface area contributed by atoms with Gasteiger partial charge in [0.2, 0.25) is 0 Å². The van der Waals surface area contributed by atoms with Gasteiger partial charge in [0.25, 0.3) is 0 Å². The Morgan fingerprint density at radius 1 is 1.39 bits per heavy atom. The molecule has 0 aliphatic rings. The molecule has 1 atom stereocenters. The van der Waals surface area contributed by atoms with Crippen LogP contribution in [0.4, 0.5) is 8.78 Å². The molecule has 18 heavy (non-hydrogen) atoms. The highest BCUT2D eigenvalue weighted by Crippen LogP contribution is 2.25. The third-order valence-corrected chi connectivity index (χ3v) is 3.59. The third-order valence-electron chi connectivity index (χ3n) is 2.72. The van der Waals surface area contributed by atoms with Gasteiger partial charge in [0.05, 0.1) is 10.7 Å². The van der Waals surface area contributed by atoms with Gasteiger partial charge in [-0.05, 0) is 18.6 Å². The summed E-state index contributed by atoms with van der Waals surface area (Å²) < 4.78 is 26.4. The second-order valence-corrected chi connectivity index (χ2v) is 5.07. The fourth-order valence-corrected chi connectivity index (χ4v) is 2.48. The summed E-state index contributed by atoms with van der Waals surface area (Å²) in [7, 11) is 0. The molecule has 96 valence electrons. The van der Waals surface area contributed by atoms with Crippen LogP contribution in [-0.2, 0) is 6.42 Å². The van der Waals surface area contributed by atoms with E-state index < -0.39 is 11.6 Å². The summed E-state index contributed by atoms with van der Waals surface area (Å²) in [5.41, 5.74) is 6.71. The van der Waals surface area contributed by atoms with Crippen molar-refractivity contribution in [3.05, 3.63) is 40.2 Å². The number of thiazole rings is 1. The lowest BCUT2D eigenvalue weighted by Gasteiger charge is -2.04. The molecule has 1 aromatic carbocycles. The topological polar surface area (TPSA) is 38.9 Å². The predicted molar refractivity (Wildman–Crippen MR) is 69.4 cm³/mol. The largest absolute Gasteiger partial charge is 0.327 e. The van der Waals surface area contributed by atoms with Gasteiger partial charge in [-0.3, -0.25) is 0 Å². The molecule has 0 spiro atoms. The second kappa shape index (κ2) is 5.54. The molecule has 2 N–H and O–H groups in total. The van der Waals surface area contributed by atoms with E-state index in [-0.39, 0.29) is 6.04 Å². The Morgan fingerprint density at radius 2 is 2.17 bits per heavy atom. The van der Waals surface area contributed by atoms with Crippen molar-refractivity contribution in [2.75, 3.05) is 0 Å². The van der Waals surface area contributed by atoms with E-state index in [4.69, 9.17) is 5.73 Å². The van der Waals surface area contributed by atoms with Gasteiger partial charge < -0.3 is 5.73 Å². The molecule has 0 radical (unpaired) electrons. The first-order chi connectivity index (χ1) is 8.60. The monoisotopic (exact) mass is 268 g/mol. The van der Waals surface area contributed by atoms with Crippen LogP contribution in [0.1, 0.15) is 18.4 Å². The lowest BCUT2D eigenvalue weighted by molar-refractivity contribution is 0.585. The first-order valence-corrected chi connectivity index (χ1v) is 6.63. The number of halogens is 2. The molecule has 2 aromatic rings. The smallest absolute Gasteiger partial charge is 0.135 e. The van der Waals surface area contributed by atoms with Crippen molar-refractivity contribution >= 4 is 11.3 Å². The number of benzene rings is 1. The highest BCUT2D eigenvalue weighted by atomic mass is 32.1. The summed E-state index contributed by atoms with van der Waals surface area (Å²) >= 11 is 1.45. The first kappa shape index (κ1) is 13.1. The Balaban J connectivity index is 2.24. The standard InChI is InChI=1S/C13H14F2N2S/c1-2-9(16)6-13-17-12(7-18-13)10-4-3-8(14)5-11(10)15/h3-5,7,9H,2,6,16H2,1H3. The Morgan fingerprint density at radius 3 is 2.83 bits per heavy atom. The average Bonchev–Trinajstić information content (AvgIpc) is 2.77. The Labute approximate surface area is 108 Å². The summed E-state index contributed by atoms with van der Waals surface area (Å²) in [4.78, 5) is 4.33. The SMILES string of the molecule is CCC(N)Cc1nc(-c2ccc(F)cc2F)cs1. The zero-order valence-corrected chi connectivity index (χ0v) is 10.8. The molecule has 5 heteroatoms. The van der Waals surface area contributed by atoms with Gasteiger partial charge in [0.15, 0.2) is 0 Å². The number of nitrogens with zero attached hydrogens (tertiary/aromatic N) is 1. The van der Waals surface area contributed by atoms with Crippen molar-refractivity contribution in [2.24, 2.45) is 5.73 Å². The van der Waals surface area contributed by atoms with Crippen molar-refractivity contribution in [2.45, 2.75) is 25.8 Å². The molecule has 1 aromatic heterocycles. The average molecular weight is 268 g/mol. The van der Waals surface area contributed by atoms with Crippen molar-refractivity contribution in [1.29, 1.82) is 0 Å². The Bertz CT molecular complexity index is 540. The third kappa shape index (κ3) is 2.91. The molecule has 0 saturated carbocycles. The van der Waals surface area contributed by atoms with Crippen LogP contribution in [0.3, 0.4) is 0 Å². The number of aromatic nitrogens is 1. The van der Waals surface area contributed by atoms with Crippen LogP contribution in [0.5, 0.6) is 0 Å². The number of hydrogen-bond acceptors (Lipinski definition) is 3. The zero-order chi connectivity index (χ0) is 13.1. The van der Waals surface area contributed by atoms with Crippen LogP contribution in [0.15, 0.2) is 23.6 Å². The lowest BCUT2D eigenvalue weighted by atomic mass is 10.1. The minimum atomic E-state index is -0.591. The summed E-state index contributed by atoms with van der Waals surface area (Å²) in [6, 6.07) is 3.58. The first-order valence-electron chi connectivity index (χ1n) is 5.75. The zero-order valence-electron chi connectivity index (χ0n) is 9.99. The molecule has 0 fully saturated rings. The minimum Gasteiger partial charge on any atom is -0.327 e. The van der Waals surface area contributed by atoms with Gasteiger partial charge in [-0.2, -0.15) is 0 Å². The van der Waals surface area contributed by atoms with Gasteiger partial charge >= 0.3 is 0 Å². The van der Waals surface area contributed by atoms with E-state index in [1.54, 1.807) is 5.38 Å². The van der Waals surface area contributed by atoms with Crippen LogP contribution in [0, 0.1) is 11.6 Å². The number of nitrogens with two attached hydrogens (primary N) is 1. The molecule has 0 aliphatic carbocycles. The molecule has 0 amide bonds. The Kier molecular flexibility index (Phi) is 4.04.